The van der Waals surface area contributed by atoms with E-state index in [1.165, 1.54) is 11.1 Å². The van der Waals surface area contributed by atoms with E-state index in [0.717, 1.165) is 5.56 Å². The van der Waals surface area contributed by atoms with Crippen LogP contribution in [0.2, 0.25) is 0 Å². The number of hydrazine groups is 2. The van der Waals surface area contributed by atoms with Gasteiger partial charge < -0.3 is 0 Å². The van der Waals surface area contributed by atoms with Crippen molar-refractivity contribution in [2.75, 3.05) is 0 Å². The quantitative estimate of drug-likeness (QED) is 0.386. The Balaban J connectivity index is 0.00000200. The molecule has 0 unspecified atom stereocenters. The van der Waals surface area contributed by atoms with Gasteiger partial charge in [0.1, 0.15) is 0 Å². The van der Waals surface area contributed by atoms with Crippen LogP contribution in [0.4, 0.5) is 0 Å². The van der Waals surface area contributed by atoms with Gasteiger partial charge in [0.25, 0.3) is 0 Å². The molecule has 5 N–H and O–H groups in total. The lowest BCUT2D eigenvalue weighted by Crippen LogP contribution is -2.46. The summed E-state index contributed by atoms with van der Waals surface area (Å²) in [6.07, 6.45) is 0. The molecule has 0 aliphatic heterocycles. The van der Waals surface area contributed by atoms with Gasteiger partial charge in [0.15, 0.2) is 5.11 Å². The van der Waals surface area contributed by atoms with Crippen LogP contribution in [0.25, 0.3) is 11.1 Å². The third-order valence-electron chi connectivity index (χ3n) is 2.69. The van der Waals surface area contributed by atoms with Crippen LogP contribution in [0.1, 0.15) is 5.56 Å². The lowest BCUT2D eigenvalue weighted by molar-refractivity contribution is 0.644. The summed E-state index contributed by atoms with van der Waals surface area (Å²) in [4.78, 5) is 0. The molecule has 0 bridgehead atoms. The highest BCUT2D eigenvalue weighted by Gasteiger charge is 1.97. The third kappa shape index (κ3) is 4.90. The first kappa shape index (κ1) is 16.6. The summed E-state index contributed by atoms with van der Waals surface area (Å²) in [5, 5.41) is 0.362. The number of hydrogen-bond donors (Lipinski definition) is 4. The summed E-state index contributed by atoms with van der Waals surface area (Å²) in [6.45, 7) is 0.664. The molecule has 0 atom stereocenters. The number of nitrogens with two attached hydrogens (primary N) is 1. The standard InChI is InChI=1S/C14H16N4S.BrH/c15-17-14(19)18-16-10-11-6-8-13(9-7-11)12-4-2-1-3-5-12;/h1-9,16H,10,15H2,(H2,17,18,19);1H. The first-order valence-corrected chi connectivity index (χ1v) is 6.34. The molecule has 0 spiro atoms. The normalized spacial score (nSPS) is 9.45. The summed E-state index contributed by atoms with van der Waals surface area (Å²) in [7, 11) is 0. The van der Waals surface area contributed by atoms with Crippen LogP contribution in [-0.2, 0) is 6.54 Å². The van der Waals surface area contributed by atoms with Crippen molar-refractivity contribution in [3.05, 3.63) is 60.2 Å². The van der Waals surface area contributed by atoms with Crippen molar-refractivity contribution in [3.63, 3.8) is 0 Å². The zero-order valence-corrected chi connectivity index (χ0v) is 13.3. The summed E-state index contributed by atoms with van der Waals surface area (Å²) < 4.78 is 0. The van der Waals surface area contributed by atoms with Crippen LogP contribution in [-0.4, -0.2) is 5.11 Å². The van der Waals surface area contributed by atoms with Crippen LogP contribution < -0.4 is 22.1 Å². The van der Waals surface area contributed by atoms with E-state index in [0.29, 0.717) is 11.7 Å². The highest BCUT2D eigenvalue weighted by Crippen LogP contribution is 2.18. The Morgan fingerprint density at radius 1 is 0.950 bits per heavy atom. The fourth-order valence-corrected chi connectivity index (χ4v) is 1.78. The Bertz CT molecular complexity index is 531. The molecule has 0 amide bonds. The maximum absolute atomic E-state index is 5.14. The number of thiocarbonyl (C=S) groups is 1. The highest BCUT2D eigenvalue weighted by atomic mass is 79.9. The van der Waals surface area contributed by atoms with Crippen LogP contribution in [0.15, 0.2) is 54.6 Å². The smallest absolute Gasteiger partial charge is 0.195 e. The second-order valence-electron chi connectivity index (χ2n) is 4.01. The second kappa shape index (κ2) is 8.65. The molecule has 4 nitrogen and oxygen atoms in total. The minimum atomic E-state index is 0. The maximum atomic E-state index is 5.14. The molecule has 2 rings (SSSR count). The summed E-state index contributed by atoms with van der Waals surface area (Å²) in [5.74, 6) is 5.14. The van der Waals surface area contributed by atoms with E-state index in [1.807, 2.05) is 18.2 Å². The monoisotopic (exact) mass is 352 g/mol. The predicted octanol–water partition coefficient (Wildman–Crippen LogP) is 2.27. The molecule has 106 valence electrons. The molecule has 2 aromatic rings. The van der Waals surface area contributed by atoms with Gasteiger partial charge in [-0.1, -0.05) is 54.6 Å². The fourth-order valence-electron chi connectivity index (χ4n) is 1.71. The number of halogens is 1. The van der Waals surface area contributed by atoms with Crippen LogP contribution in [0, 0.1) is 0 Å². The van der Waals surface area contributed by atoms with Gasteiger partial charge in [0.05, 0.1) is 0 Å². The van der Waals surface area contributed by atoms with Crippen molar-refractivity contribution < 1.29 is 0 Å². The number of rotatable bonds is 4. The fraction of sp³-hybridized carbons (Fsp3) is 0.0714. The topological polar surface area (TPSA) is 62.1 Å². The number of benzene rings is 2. The second-order valence-corrected chi connectivity index (χ2v) is 4.42. The highest BCUT2D eigenvalue weighted by molar-refractivity contribution is 8.93. The molecule has 6 heteroatoms. The molecule has 0 heterocycles. The summed E-state index contributed by atoms with van der Waals surface area (Å²) >= 11 is 4.85. The lowest BCUT2D eigenvalue weighted by Gasteiger charge is -2.09. The Hall–Kier alpha value is -1.47. The molecule has 0 fully saturated rings. The van der Waals surface area contributed by atoms with E-state index in [4.69, 9.17) is 18.1 Å². The van der Waals surface area contributed by atoms with Crippen molar-refractivity contribution in [1.82, 2.24) is 16.3 Å². The largest absolute Gasteiger partial charge is 0.300 e. The summed E-state index contributed by atoms with van der Waals surface area (Å²) in [5.41, 5.74) is 11.7. The first-order chi connectivity index (χ1) is 9.29. The van der Waals surface area contributed by atoms with E-state index in [1.54, 1.807) is 0 Å². The zero-order chi connectivity index (χ0) is 13.5. The zero-order valence-electron chi connectivity index (χ0n) is 10.8. The molecule has 2 aromatic carbocycles. The molecule has 0 saturated carbocycles. The van der Waals surface area contributed by atoms with E-state index in [-0.39, 0.29) is 17.0 Å². The molecular weight excluding hydrogens is 336 g/mol. The van der Waals surface area contributed by atoms with Crippen molar-refractivity contribution >= 4 is 34.3 Å². The Morgan fingerprint density at radius 3 is 2.15 bits per heavy atom. The molecule has 0 radical (unpaired) electrons. The van der Waals surface area contributed by atoms with Crippen molar-refractivity contribution in [2.24, 2.45) is 5.84 Å². The van der Waals surface area contributed by atoms with Crippen molar-refractivity contribution in [2.45, 2.75) is 6.54 Å². The maximum Gasteiger partial charge on any atom is 0.195 e. The average molecular weight is 353 g/mol. The summed E-state index contributed by atoms with van der Waals surface area (Å²) in [6, 6.07) is 18.6. The molecule has 0 aliphatic rings. The van der Waals surface area contributed by atoms with Gasteiger partial charge in [0, 0.05) is 6.54 Å². The van der Waals surface area contributed by atoms with Gasteiger partial charge >= 0.3 is 0 Å². The van der Waals surface area contributed by atoms with Crippen LogP contribution in [0.3, 0.4) is 0 Å². The van der Waals surface area contributed by atoms with Gasteiger partial charge in [0.2, 0.25) is 0 Å². The van der Waals surface area contributed by atoms with Crippen LogP contribution >= 0.6 is 29.2 Å². The van der Waals surface area contributed by atoms with Gasteiger partial charge in [-0.15, -0.1) is 17.0 Å². The molecule has 0 aromatic heterocycles. The SMILES string of the molecule is Br.NNC(=S)NNCc1ccc(-c2ccccc2)cc1. The Kier molecular flexibility index (Phi) is 7.17. The number of hydrogen-bond acceptors (Lipinski definition) is 3. The molecule has 0 aliphatic carbocycles. The Morgan fingerprint density at radius 2 is 1.55 bits per heavy atom. The molecular formula is C14H17BrN4S. The minimum Gasteiger partial charge on any atom is -0.300 e. The van der Waals surface area contributed by atoms with E-state index >= 15 is 0 Å². The van der Waals surface area contributed by atoms with Crippen molar-refractivity contribution in [3.8, 4) is 11.1 Å². The minimum absolute atomic E-state index is 0. The number of nitrogens with one attached hydrogen (secondary N) is 3. The van der Waals surface area contributed by atoms with E-state index in [9.17, 15) is 0 Å². The van der Waals surface area contributed by atoms with Crippen LogP contribution in [0.5, 0.6) is 0 Å². The van der Waals surface area contributed by atoms with E-state index in [2.05, 4.69) is 52.7 Å². The van der Waals surface area contributed by atoms with Crippen molar-refractivity contribution in [1.29, 1.82) is 0 Å². The average Bonchev–Trinajstić information content (AvgIpc) is 2.48. The Labute approximate surface area is 134 Å². The molecule has 20 heavy (non-hydrogen) atoms. The van der Waals surface area contributed by atoms with Gasteiger partial charge in [-0.25, -0.2) is 11.3 Å². The van der Waals surface area contributed by atoms with Gasteiger partial charge in [-0.3, -0.25) is 10.9 Å². The molecule has 0 saturated heterocycles. The van der Waals surface area contributed by atoms with Gasteiger partial charge in [-0.2, -0.15) is 0 Å². The van der Waals surface area contributed by atoms with Gasteiger partial charge in [-0.05, 0) is 28.9 Å². The van der Waals surface area contributed by atoms with E-state index < -0.39 is 0 Å². The first-order valence-electron chi connectivity index (χ1n) is 5.93. The predicted molar refractivity (Wildman–Crippen MR) is 92.1 cm³/mol. The third-order valence-corrected chi connectivity index (χ3v) is 2.91. The lowest BCUT2D eigenvalue weighted by atomic mass is 10.0.